The molecule has 0 atom stereocenters. The fraction of sp³-hybridized carbons (Fsp3) is 0.100. The van der Waals surface area contributed by atoms with Gasteiger partial charge in [-0.1, -0.05) is 63.6 Å². The zero-order valence-electron chi connectivity index (χ0n) is 14.2. The molecule has 4 rings (SSSR count). The van der Waals surface area contributed by atoms with Gasteiger partial charge in [-0.05, 0) is 18.2 Å². The van der Waals surface area contributed by atoms with Crippen LogP contribution >= 0.6 is 15.9 Å². The molecule has 27 heavy (non-hydrogen) atoms. The molecule has 2 heterocycles. The predicted molar refractivity (Wildman–Crippen MR) is 105 cm³/mol. The van der Waals surface area contributed by atoms with Crippen molar-refractivity contribution in [1.29, 1.82) is 0 Å². The van der Waals surface area contributed by atoms with E-state index in [0.29, 0.717) is 24.7 Å². The zero-order chi connectivity index (χ0) is 18.6. The lowest BCUT2D eigenvalue weighted by molar-refractivity contribution is 0.368. The molecule has 0 aliphatic rings. The van der Waals surface area contributed by atoms with Crippen molar-refractivity contribution in [3.05, 3.63) is 87.4 Å². The number of benzene rings is 2. The molecule has 0 saturated heterocycles. The lowest BCUT2D eigenvalue weighted by atomic mass is 10.1. The first-order chi connectivity index (χ1) is 13.2. The Bertz CT molecular complexity index is 1120. The molecule has 2 aromatic heterocycles. The Balaban J connectivity index is 1.52. The molecule has 2 aromatic carbocycles. The van der Waals surface area contributed by atoms with Gasteiger partial charge in [-0.2, -0.15) is 10.1 Å². The Morgan fingerprint density at radius 3 is 2.59 bits per heavy atom. The van der Waals surface area contributed by atoms with Gasteiger partial charge < -0.3 is 4.52 Å². The van der Waals surface area contributed by atoms with Gasteiger partial charge in [0, 0.05) is 28.1 Å². The molecular weight excluding hydrogens is 408 g/mol. The molecule has 0 aliphatic heterocycles. The van der Waals surface area contributed by atoms with E-state index in [1.807, 2.05) is 54.6 Å². The van der Waals surface area contributed by atoms with Crippen molar-refractivity contribution in [3.8, 4) is 22.6 Å². The van der Waals surface area contributed by atoms with E-state index >= 15 is 0 Å². The third kappa shape index (κ3) is 4.03. The fourth-order valence-corrected chi connectivity index (χ4v) is 3.07. The molecule has 0 unspecified atom stereocenters. The molecule has 0 spiro atoms. The van der Waals surface area contributed by atoms with Crippen LogP contribution in [0.2, 0.25) is 0 Å². The lowest BCUT2D eigenvalue weighted by Crippen LogP contribution is -2.23. The third-order valence-electron chi connectivity index (χ3n) is 4.02. The first-order valence-electron chi connectivity index (χ1n) is 8.41. The highest BCUT2D eigenvalue weighted by Crippen LogP contribution is 2.20. The normalized spacial score (nSPS) is 10.9. The number of halogens is 1. The maximum absolute atomic E-state index is 12.1. The second-order valence-electron chi connectivity index (χ2n) is 5.92. The summed E-state index contributed by atoms with van der Waals surface area (Å²) in [5.74, 6) is 0.980. The van der Waals surface area contributed by atoms with Crippen molar-refractivity contribution in [1.82, 2.24) is 19.9 Å². The fourth-order valence-electron chi connectivity index (χ4n) is 2.67. The number of rotatable bonds is 5. The van der Waals surface area contributed by atoms with Crippen LogP contribution in [0.5, 0.6) is 0 Å². The average Bonchev–Trinajstić information content (AvgIpc) is 3.17. The van der Waals surface area contributed by atoms with Gasteiger partial charge in [0.15, 0.2) is 0 Å². The maximum atomic E-state index is 12.1. The summed E-state index contributed by atoms with van der Waals surface area (Å²) in [6.45, 7) is 0.361. The van der Waals surface area contributed by atoms with Gasteiger partial charge in [0.25, 0.3) is 5.56 Å². The SMILES string of the molecule is O=c1ccc(-c2ccccc2)nn1CCc1nc(-c2cccc(Br)c2)no1. The number of hydrogen-bond donors (Lipinski definition) is 0. The van der Waals surface area contributed by atoms with Crippen LogP contribution in [0, 0.1) is 0 Å². The highest BCUT2D eigenvalue weighted by atomic mass is 79.9. The van der Waals surface area contributed by atoms with E-state index in [1.54, 1.807) is 6.07 Å². The van der Waals surface area contributed by atoms with E-state index in [4.69, 9.17) is 4.52 Å². The van der Waals surface area contributed by atoms with Crippen molar-refractivity contribution >= 4 is 15.9 Å². The largest absolute Gasteiger partial charge is 0.339 e. The number of hydrogen-bond acceptors (Lipinski definition) is 5. The second-order valence-corrected chi connectivity index (χ2v) is 6.83. The van der Waals surface area contributed by atoms with Gasteiger partial charge in [-0.3, -0.25) is 4.79 Å². The standard InChI is InChI=1S/C20H15BrN4O2/c21-16-8-4-7-15(13-16)20-22-18(27-24-20)11-12-25-19(26)10-9-17(23-25)14-5-2-1-3-6-14/h1-10,13H,11-12H2. The number of nitrogens with zero attached hydrogens (tertiary/aromatic N) is 4. The Morgan fingerprint density at radius 2 is 1.78 bits per heavy atom. The molecule has 0 N–H and O–H groups in total. The first-order valence-corrected chi connectivity index (χ1v) is 9.20. The number of aryl methyl sites for hydroxylation is 2. The Hall–Kier alpha value is -3.06. The average molecular weight is 423 g/mol. The van der Waals surface area contributed by atoms with Crippen molar-refractivity contribution in [2.24, 2.45) is 0 Å². The van der Waals surface area contributed by atoms with Crippen LogP contribution in [0.25, 0.3) is 22.6 Å². The van der Waals surface area contributed by atoms with E-state index in [0.717, 1.165) is 21.3 Å². The maximum Gasteiger partial charge on any atom is 0.266 e. The van der Waals surface area contributed by atoms with E-state index in [1.165, 1.54) is 10.7 Å². The van der Waals surface area contributed by atoms with Crippen LogP contribution in [0.3, 0.4) is 0 Å². The van der Waals surface area contributed by atoms with Crippen LogP contribution in [0.4, 0.5) is 0 Å². The van der Waals surface area contributed by atoms with Gasteiger partial charge in [0.05, 0.1) is 12.2 Å². The summed E-state index contributed by atoms with van der Waals surface area (Å²) in [6.07, 6.45) is 0.423. The van der Waals surface area contributed by atoms with Gasteiger partial charge in [-0.15, -0.1) is 0 Å². The summed E-state index contributed by atoms with van der Waals surface area (Å²) in [7, 11) is 0. The molecule has 6 nitrogen and oxygen atoms in total. The monoisotopic (exact) mass is 422 g/mol. The molecule has 0 bridgehead atoms. The molecular formula is C20H15BrN4O2. The quantitative estimate of drug-likeness (QED) is 0.486. The molecule has 7 heteroatoms. The molecule has 0 fully saturated rings. The Morgan fingerprint density at radius 1 is 0.963 bits per heavy atom. The van der Waals surface area contributed by atoms with Crippen LogP contribution in [-0.2, 0) is 13.0 Å². The minimum absolute atomic E-state index is 0.165. The van der Waals surface area contributed by atoms with Crippen molar-refractivity contribution in [2.75, 3.05) is 0 Å². The van der Waals surface area contributed by atoms with Crippen molar-refractivity contribution in [2.45, 2.75) is 13.0 Å². The first kappa shape index (κ1) is 17.4. The summed E-state index contributed by atoms with van der Waals surface area (Å²) >= 11 is 3.43. The molecule has 0 radical (unpaired) electrons. The molecule has 0 saturated carbocycles. The highest BCUT2D eigenvalue weighted by Gasteiger charge is 2.10. The van der Waals surface area contributed by atoms with Crippen molar-refractivity contribution < 1.29 is 4.52 Å². The van der Waals surface area contributed by atoms with Gasteiger partial charge >= 0.3 is 0 Å². The summed E-state index contributed by atoms with van der Waals surface area (Å²) in [4.78, 5) is 16.5. The van der Waals surface area contributed by atoms with Crippen LogP contribution in [0.1, 0.15) is 5.89 Å². The highest BCUT2D eigenvalue weighted by molar-refractivity contribution is 9.10. The minimum atomic E-state index is -0.165. The van der Waals surface area contributed by atoms with E-state index in [2.05, 4.69) is 31.2 Å². The summed E-state index contributed by atoms with van der Waals surface area (Å²) in [6, 6.07) is 20.7. The lowest BCUT2D eigenvalue weighted by Gasteiger charge is -2.05. The topological polar surface area (TPSA) is 73.8 Å². The number of aromatic nitrogens is 4. The van der Waals surface area contributed by atoms with Gasteiger partial charge in [0.1, 0.15) is 0 Å². The summed E-state index contributed by atoms with van der Waals surface area (Å²) < 4.78 is 7.68. The van der Waals surface area contributed by atoms with Gasteiger partial charge in [0.2, 0.25) is 11.7 Å². The van der Waals surface area contributed by atoms with E-state index < -0.39 is 0 Å². The van der Waals surface area contributed by atoms with Crippen molar-refractivity contribution in [3.63, 3.8) is 0 Å². The summed E-state index contributed by atoms with van der Waals surface area (Å²) in [5.41, 5.74) is 2.40. The van der Waals surface area contributed by atoms with Crippen LogP contribution in [0.15, 0.2) is 80.5 Å². The summed E-state index contributed by atoms with van der Waals surface area (Å²) in [5, 5.41) is 8.45. The van der Waals surface area contributed by atoms with Crippen LogP contribution < -0.4 is 5.56 Å². The second kappa shape index (κ2) is 7.67. The predicted octanol–water partition coefficient (Wildman–Crippen LogP) is 3.97. The molecule has 0 aliphatic carbocycles. The molecule has 0 amide bonds. The third-order valence-corrected chi connectivity index (χ3v) is 4.52. The molecule has 4 aromatic rings. The zero-order valence-corrected chi connectivity index (χ0v) is 15.8. The molecule has 134 valence electrons. The van der Waals surface area contributed by atoms with Crippen LogP contribution in [-0.4, -0.2) is 19.9 Å². The Labute approximate surface area is 163 Å². The van der Waals surface area contributed by atoms with E-state index in [9.17, 15) is 4.79 Å². The van der Waals surface area contributed by atoms with E-state index in [-0.39, 0.29) is 5.56 Å². The Kier molecular flexibility index (Phi) is 4.93. The van der Waals surface area contributed by atoms with Gasteiger partial charge in [-0.25, -0.2) is 4.68 Å². The smallest absolute Gasteiger partial charge is 0.266 e. The minimum Gasteiger partial charge on any atom is -0.339 e.